The van der Waals surface area contributed by atoms with Crippen LogP contribution in [0.1, 0.15) is 52.4 Å². The third kappa shape index (κ3) is 13.9. The van der Waals surface area contributed by atoms with Crippen LogP contribution in [-0.2, 0) is 9.47 Å². The van der Waals surface area contributed by atoms with E-state index in [1.165, 1.54) is 38.6 Å². The van der Waals surface area contributed by atoms with Gasteiger partial charge in [-0.25, -0.2) is 0 Å². The van der Waals surface area contributed by atoms with E-state index in [2.05, 4.69) is 25.8 Å². The van der Waals surface area contributed by atoms with E-state index in [0.717, 1.165) is 39.4 Å². The van der Waals surface area contributed by atoms with Crippen LogP contribution in [-0.4, -0.2) is 51.5 Å². The zero-order chi connectivity index (χ0) is 13.5. The fourth-order valence-electron chi connectivity index (χ4n) is 1.78. The Kier molecular flexibility index (Phi) is 14.8. The minimum Gasteiger partial charge on any atom is -0.379 e. The molecule has 0 N–H and O–H groups in total. The van der Waals surface area contributed by atoms with Crippen molar-refractivity contribution in [3.05, 3.63) is 0 Å². The van der Waals surface area contributed by atoms with Crippen molar-refractivity contribution in [1.29, 1.82) is 0 Å². The second-order valence-electron chi connectivity index (χ2n) is 4.94. The number of hydrogen-bond acceptors (Lipinski definition) is 3. The molecule has 0 saturated heterocycles. The lowest BCUT2D eigenvalue weighted by Crippen LogP contribution is -2.24. The Hall–Kier alpha value is -0.120. The van der Waals surface area contributed by atoms with E-state index in [-0.39, 0.29) is 0 Å². The monoisotopic (exact) mass is 259 g/mol. The molecule has 0 aliphatic carbocycles. The number of ether oxygens (including phenoxy) is 2. The molecule has 0 spiro atoms. The van der Waals surface area contributed by atoms with Crippen molar-refractivity contribution in [3.8, 4) is 0 Å². The van der Waals surface area contributed by atoms with Gasteiger partial charge in [-0.3, -0.25) is 0 Å². The average molecular weight is 259 g/mol. The van der Waals surface area contributed by atoms with Crippen molar-refractivity contribution in [3.63, 3.8) is 0 Å². The molecule has 0 rings (SSSR count). The summed E-state index contributed by atoms with van der Waals surface area (Å²) in [4.78, 5) is 2.36. The fourth-order valence-corrected chi connectivity index (χ4v) is 1.78. The van der Waals surface area contributed by atoms with Crippen molar-refractivity contribution in [2.24, 2.45) is 0 Å². The standard InChI is InChI=1S/C15H33NO2/c1-4-6-7-8-9-10-16(3)11-13-18-15-14-17-12-5-2/h4-15H2,1-3H3. The van der Waals surface area contributed by atoms with Crippen molar-refractivity contribution in [2.75, 3.05) is 46.6 Å². The highest BCUT2D eigenvalue weighted by Crippen LogP contribution is 2.02. The molecule has 0 aliphatic rings. The molecule has 0 fully saturated rings. The predicted octanol–water partition coefficient (Wildman–Crippen LogP) is 3.33. The van der Waals surface area contributed by atoms with Gasteiger partial charge in [0.25, 0.3) is 0 Å². The number of hydrogen-bond donors (Lipinski definition) is 0. The summed E-state index contributed by atoms with van der Waals surface area (Å²) in [7, 11) is 2.18. The van der Waals surface area contributed by atoms with Gasteiger partial charge < -0.3 is 14.4 Å². The number of likely N-dealkylation sites (N-methyl/N-ethyl adjacent to an activating group) is 1. The molecule has 0 heterocycles. The molecule has 0 bridgehead atoms. The summed E-state index contributed by atoms with van der Waals surface area (Å²) in [5.41, 5.74) is 0. The van der Waals surface area contributed by atoms with E-state index >= 15 is 0 Å². The van der Waals surface area contributed by atoms with Crippen LogP contribution in [0.2, 0.25) is 0 Å². The Bertz CT molecular complexity index is 153. The smallest absolute Gasteiger partial charge is 0.0701 e. The van der Waals surface area contributed by atoms with Crippen LogP contribution in [0, 0.1) is 0 Å². The second-order valence-corrected chi connectivity index (χ2v) is 4.94. The summed E-state index contributed by atoms with van der Waals surface area (Å²) >= 11 is 0. The maximum Gasteiger partial charge on any atom is 0.0701 e. The summed E-state index contributed by atoms with van der Waals surface area (Å²) < 4.78 is 10.9. The van der Waals surface area contributed by atoms with E-state index < -0.39 is 0 Å². The van der Waals surface area contributed by atoms with E-state index in [0.29, 0.717) is 0 Å². The molecule has 0 saturated carbocycles. The maximum atomic E-state index is 5.53. The quantitative estimate of drug-likeness (QED) is 0.447. The van der Waals surface area contributed by atoms with Crippen LogP contribution in [0.25, 0.3) is 0 Å². The van der Waals surface area contributed by atoms with Gasteiger partial charge in [0, 0.05) is 13.2 Å². The summed E-state index contributed by atoms with van der Waals surface area (Å²) in [5, 5.41) is 0. The van der Waals surface area contributed by atoms with Crippen molar-refractivity contribution < 1.29 is 9.47 Å². The normalized spacial score (nSPS) is 11.3. The largest absolute Gasteiger partial charge is 0.379 e. The van der Waals surface area contributed by atoms with Crippen LogP contribution in [0.3, 0.4) is 0 Å². The van der Waals surface area contributed by atoms with Crippen molar-refractivity contribution in [2.45, 2.75) is 52.4 Å². The van der Waals surface area contributed by atoms with Crippen LogP contribution >= 0.6 is 0 Å². The minimum atomic E-state index is 0.727. The van der Waals surface area contributed by atoms with Gasteiger partial charge in [-0.05, 0) is 26.4 Å². The Balaban J connectivity index is 3.09. The lowest BCUT2D eigenvalue weighted by molar-refractivity contribution is 0.0410. The molecule has 0 aromatic carbocycles. The molecule has 0 unspecified atom stereocenters. The SMILES string of the molecule is CCCCCCCN(C)CCOCCOCCC. The molecule has 0 aliphatic heterocycles. The molecule has 0 radical (unpaired) electrons. The molecule has 0 aromatic heterocycles. The van der Waals surface area contributed by atoms with Gasteiger partial charge in [0.05, 0.1) is 19.8 Å². The maximum absolute atomic E-state index is 5.53. The number of nitrogens with zero attached hydrogens (tertiary/aromatic N) is 1. The van der Waals surface area contributed by atoms with Gasteiger partial charge in [-0.1, -0.05) is 39.5 Å². The second kappa shape index (κ2) is 14.9. The van der Waals surface area contributed by atoms with Crippen molar-refractivity contribution in [1.82, 2.24) is 4.90 Å². The Labute approximate surface area is 114 Å². The molecule has 0 amide bonds. The van der Waals surface area contributed by atoms with E-state index in [9.17, 15) is 0 Å². The van der Waals surface area contributed by atoms with Crippen molar-refractivity contribution >= 4 is 0 Å². The van der Waals surface area contributed by atoms with Gasteiger partial charge in [-0.2, -0.15) is 0 Å². The Morgan fingerprint density at radius 2 is 1.33 bits per heavy atom. The van der Waals surface area contributed by atoms with Gasteiger partial charge in [0.15, 0.2) is 0 Å². The third-order valence-electron chi connectivity index (χ3n) is 2.98. The molecule has 3 heteroatoms. The van der Waals surface area contributed by atoms with E-state index in [4.69, 9.17) is 9.47 Å². The van der Waals surface area contributed by atoms with Crippen LogP contribution < -0.4 is 0 Å². The highest BCUT2D eigenvalue weighted by atomic mass is 16.5. The first kappa shape index (κ1) is 17.9. The first-order valence-corrected chi connectivity index (χ1v) is 7.65. The molecule has 0 atom stereocenters. The van der Waals surface area contributed by atoms with Gasteiger partial charge in [0.2, 0.25) is 0 Å². The lowest BCUT2D eigenvalue weighted by Gasteiger charge is -2.16. The van der Waals surface area contributed by atoms with Crippen LogP contribution in [0.5, 0.6) is 0 Å². The molecular formula is C15H33NO2. The number of unbranched alkanes of at least 4 members (excludes halogenated alkanes) is 4. The summed E-state index contributed by atoms with van der Waals surface area (Å²) in [6.45, 7) is 9.73. The first-order valence-electron chi connectivity index (χ1n) is 7.65. The average Bonchev–Trinajstić information content (AvgIpc) is 2.37. The third-order valence-corrected chi connectivity index (χ3v) is 2.98. The van der Waals surface area contributed by atoms with Gasteiger partial charge in [-0.15, -0.1) is 0 Å². The summed E-state index contributed by atoms with van der Waals surface area (Å²) in [6, 6.07) is 0. The van der Waals surface area contributed by atoms with E-state index in [1.807, 2.05) is 0 Å². The number of rotatable bonds is 14. The minimum absolute atomic E-state index is 0.727. The van der Waals surface area contributed by atoms with E-state index in [1.54, 1.807) is 0 Å². The Morgan fingerprint density at radius 3 is 2.00 bits per heavy atom. The zero-order valence-electron chi connectivity index (χ0n) is 12.7. The van der Waals surface area contributed by atoms with Crippen LogP contribution in [0.4, 0.5) is 0 Å². The van der Waals surface area contributed by atoms with Gasteiger partial charge in [0.1, 0.15) is 0 Å². The zero-order valence-corrected chi connectivity index (χ0v) is 12.7. The topological polar surface area (TPSA) is 21.7 Å². The molecule has 18 heavy (non-hydrogen) atoms. The summed E-state index contributed by atoms with van der Waals surface area (Å²) in [6.07, 6.45) is 7.85. The van der Waals surface area contributed by atoms with Gasteiger partial charge >= 0.3 is 0 Å². The molecular weight excluding hydrogens is 226 g/mol. The first-order chi connectivity index (χ1) is 8.81. The van der Waals surface area contributed by atoms with Crippen LogP contribution in [0.15, 0.2) is 0 Å². The highest BCUT2D eigenvalue weighted by molar-refractivity contribution is 4.52. The predicted molar refractivity (Wildman–Crippen MR) is 78.2 cm³/mol. The molecule has 3 nitrogen and oxygen atoms in total. The Morgan fingerprint density at radius 1 is 0.667 bits per heavy atom. The lowest BCUT2D eigenvalue weighted by atomic mass is 10.1. The fraction of sp³-hybridized carbons (Fsp3) is 1.00. The molecule has 110 valence electrons. The summed E-state index contributed by atoms with van der Waals surface area (Å²) in [5.74, 6) is 0. The highest BCUT2D eigenvalue weighted by Gasteiger charge is 1.98. The molecule has 0 aromatic rings.